The van der Waals surface area contributed by atoms with Crippen LogP contribution in [-0.2, 0) is 4.79 Å². The van der Waals surface area contributed by atoms with Crippen LogP contribution in [0.2, 0.25) is 0 Å². The molecule has 0 aromatic heterocycles. The fraction of sp³-hybridized carbons (Fsp3) is 0.500. The molecule has 0 aliphatic carbocycles. The number of nitrogens with one attached hydrogen (secondary N) is 1. The van der Waals surface area contributed by atoms with Gasteiger partial charge in [0.15, 0.2) is 0 Å². The molecule has 0 saturated heterocycles. The summed E-state index contributed by atoms with van der Waals surface area (Å²) in [7, 11) is 0. The third-order valence-corrected chi connectivity index (χ3v) is 2.52. The molecule has 1 aromatic rings. The Morgan fingerprint density at radius 1 is 1.37 bits per heavy atom. The zero-order chi connectivity index (χ0) is 14.6. The van der Waals surface area contributed by atoms with E-state index in [-0.39, 0.29) is 23.6 Å². The molecule has 19 heavy (non-hydrogen) atoms. The zero-order valence-electron chi connectivity index (χ0n) is 11.5. The fourth-order valence-corrected chi connectivity index (χ4v) is 1.89. The highest BCUT2D eigenvalue weighted by Gasteiger charge is 2.18. The first-order chi connectivity index (χ1) is 8.67. The summed E-state index contributed by atoms with van der Waals surface area (Å²) >= 11 is 0. The van der Waals surface area contributed by atoms with Crippen LogP contribution in [0.4, 0.5) is 14.5 Å². The molecular weight excluding hydrogens is 250 g/mol. The Labute approximate surface area is 112 Å². The topological polar surface area (TPSA) is 55.1 Å². The van der Waals surface area contributed by atoms with E-state index in [9.17, 15) is 13.6 Å². The zero-order valence-corrected chi connectivity index (χ0v) is 11.5. The highest BCUT2D eigenvalue weighted by Crippen LogP contribution is 2.21. The Balaban J connectivity index is 2.58. The molecule has 0 heterocycles. The molecule has 0 spiro atoms. The maximum Gasteiger partial charge on any atom is 0.226 e. The standard InChI is InChI=1S/C14H20F2N2O/c1-14(2,3)8-10(17)7-13(19)18-12-6-9(15)4-5-11(12)16/h4-6,10H,7-8,17H2,1-3H3,(H,18,19). The number of carbonyl (C=O) groups is 1. The van der Waals surface area contributed by atoms with Crippen LogP contribution in [0.1, 0.15) is 33.6 Å². The summed E-state index contributed by atoms with van der Waals surface area (Å²) < 4.78 is 26.3. The molecule has 5 heteroatoms. The molecule has 3 N–H and O–H groups in total. The smallest absolute Gasteiger partial charge is 0.226 e. The van der Waals surface area contributed by atoms with Gasteiger partial charge in [-0.2, -0.15) is 0 Å². The monoisotopic (exact) mass is 270 g/mol. The first kappa shape index (κ1) is 15.6. The van der Waals surface area contributed by atoms with Gasteiger partial charge >= 0.3 is 0 Å². The van der Waals surface area contributed by atoms with Crippen molar-refractivity contribution in [2.45, 2.75) is 39.7 Å². The fourth-order valence-electron chi connectivity index (χ4n) is 1.89. The summed E-state index contributed by atoms with van der Waals surface area (Å²) in [6, 6.07) is 2.61. The van der Waals surface area contributed by atoms with Crippen LogP contribution in [0.25, 0.3) is 0 Å². The number of hydrogen-bond acceptors (Lipinski definition) is 2. The van der Waals surface area contributed by atoms with Gasteiger partial charge in [0.25, 0.3) is 0 Å². The second-order valence-electron chi connectivity index (χ2n) is 5.90. The Bertz CT molecular complexity index is 455. The van der Waals surface area contributed by atoms with E-state index in [1.807, 2.05) is 20.8 Å². The van der Waals surface area contributed by atoms with Gasteiger partial charge in [0.05, 0.1) is 5.69 Å². The van der Waals surface area contributed by atoms with Gasteiger partial charge in [0.2, 0.25) is 5.91 Å². The van der Waals surface area contributed by atoms with Crippen molar-refractivity contribution in [3.8, 4) is 0 Å². The van der Waals surface area contributed by atoms with Crippen molar-refractivity contribution in [3.05, 3.63) is 29.8 Å². The minimum atomic E-state index is -0.667. The number of carbonyl (C=O) groups excluding carboxylic acids is 1. The van der Waals surface area contributed by atoms with Gasteiger partial charge in [-0.15, -0.1) is 0 Å². The Morgan fingerprint density at radius 2 is 2.00 bits per heavy atom. The molecule has 1 atom stereocenters. The average Bonchev–Trinajstić information content (AvgIpc) is 2.20. The predicted octanol–water partition coefficient (Wildman–Crippen LogP) is 3.06. The van der Waals surface area contributed by atoms with Gasteiger partial charge in [-0.3, -0.25) is 4.79 Å². The van der Waals surface area contributed by atoms with Crippen LogP contribution in [-0.4, -0.2) is 11.9 Å². The number of rotatable bonds is 4. The van der Waals surface area contributed by atoms with Crippen LogP contribution < -0.4 is 11.1 Å². The summed E-state index contributed by atoms with van der Waals surface area (Å²) in [4.78, 5) is 11.7. The molecule has 0 radical (unpaired) electrons. The van der Waals surface area contributed by atoms with Crippen LogP contribution >= 0.6 is 0 Å². The van der Waals surface area contributed by atoms with Gasteiger partial charge in [-0.1, -0.05) is 20.8 Å². The first-order valence-corrected chi connectivity index (χ1v) is 6.18. The summed E-state index contributed by atoms with van der Waals surface area (Å²) in [5.74, 6) is -1.68. The molecule has 1 unspecified atom stereocenters. The highest BCUT2D eigenvalue weighted by atomic mass is 19.1. The molecule has 106 valence electrons. The van der Waals surface area contributed by atoms with E-state index in [1.165, 1.54) is 0 Å². The van der Waals surface area contributed by atoms with Crippen LogP contribution in [0.15, 0.2) is 18.2 Å². The van der Waals surface area contributed by atoms with E-state index in [0.717, 1.165) is 18.2 Å². The molecule has 3 nitrogen and oxygen atoms in total. The molecule has 0 bridgehead atoms. The minimum Gasteiger partial charge on any atom is -0.327 e. The van der Waals surface area contributed by atoms with Crippen LogP contribution in [0, 0.1) is 17.0 Å². The Hall–Kier alpha value is -1.49. The lowest BCUT2D eigenvalue weighted by Gasteiger charge is -2.22. The SMILES string of the molecule is CC(C)(C)CC(N)CC(=O)Nc1cc(F)ccc1F. The summed E-state index contributed by atoms with van der Waals surface area (Å²) in [5, 5.41) is 2.33. The Morgan fingerprint density at radius 3 is 2.58 bits per heavy atom. The van der Waals surface area contributed by atoms with E-state index in [4.69, 9.17) is 5.73 Å². The van der Waals surface area contributed by atoms with E-state index >= 15 is 0 Å². The number of halogens is 2. The molecule has 1 rings (SSSR count). The third-order valence-electron chi connectivity index (χ3n) is 2.52. The highest BCUT2D eigenvalue weighted by molar-refractivity contribution is 5.91. The lowest BCUT2D eigenvalue weighted by atomic mass is 9.87. The predicted molar refractivity (Wildman–Crippen MR) is 71.7 cm³/mol. The van der Waals surface area contributed by atoms with Gasteiger partial charge in [-0.05, 0) is 24.0 Å². The number of amides is 1. The molecule has 0 aliphatic rings. The van der Waals surface area contributed by atoms with Crippen molar-refractivity contribution in [1.82, 2.24) is 0 Å². The first-order valence-electron chi connectivity index (χ1n) is 6.18. The van der Waals surface area contributed by atoms with E-state index in [2.05, 4.69) is 5.32 Å². The quantitative estimate of drug-likeness (QED) is 0.883. The van der Waals surface area contributed by atoms with Crippen molar-refractivity contribution in [3.63, 3.8) is 0 Å². The molecule has 0 saturated carbocycles. The normalized spacial score (nSPS) is 13.2. The van der Waals surface area contributed by atoms with Crippen molar-refractivity contribution >= 4 is 11.6 Å². The van der Waals surface area contributed by atoms with Crippen molar-refractivity contribution in [1.29, 1.82) is 0 Å². The second-order valence-corrected chi connectivity index (χ2v) is 5.90. The largest absolute Gasteiger partial charge is 0.327 e. The maximum absolute atomic E-state index is 13.3. The van der Waals surface area contributed by atoms with E-state index in [1.54, 1.807) is 0 Å². The average molecular weight is 270 g/mol. The van der Waals surface area contributed by atoms with Gasteiger partial charge in [0, 0.05) is 18.5 Å². The number of nitrogens with two attached hydrogens (primary N) is 1. The minimum absolute atomic E-state index is 0.0177. The van der Waals surface area contributed by atoms with Gasteiger partial charge < -0.3 is 11.1 Å². The van der Waals surface area contributed by atoms with Gasteiger partial charge in [-0.25, -0.2) is 8.78 Å². The molecular formula is C14H20F2N2O. The van der Waals surface area contributed by atoms with Crippen LogP contribution in [0.3, 0.4) is 0 Å². The van der Waals surface area contributed by atoms with E-state index < -0.39 is 17.5 Å². The summed E-state index contributed by atoms with van der Waals surface area (Å²) in [5.41, 5.74) is 5.71. The van der Waals surface area contributed by atoms with Crippen molar-refractivity contribution in [2.24, 2.45) is 11.1 Å². The lowest BCUT2D eigenvalue weighted by molar-refractivity contribution is -0.116. The second kappa shape index (κ2) is 6.10. The number of hydrogen-bond donors (Lipinski definition) is 2. The molecule has 1 aromatic carbocycles. The van der Waals surface area contributed by atoms with Gasteiger partial charge in [0.1, 0.15) is 11.6 Å². The molecule has 0 aliphatic heterocycles. The Kier molecular flexibility index (Phi) is 5.00. The molecule has 0 fully saturated rings. The number of benzene rings is 1. The summed E-state index contributed by atoms with van der Waals surface area (Å²) in [6.07, 6.45) is 0.749. The van der Waals surface area contributed by atoms with Crippen LogP contribution in [0.5, 0.6) is 0 Å². The maximum atomic E-state index is 13.3. The lowest BCUT2D eigenvalue weighted by Crippen LogP contribution is -2.31. The van der Waals surface area contributed by atoms with Crippen molar-refractivity contribution in [2.75, 3.05) is 5.32 Å². The van der Waals surface area contributed by atoms with E-state index in [0.29, 0.717) is 6.42 Å². The number of anilines is 1. The third kappa shape index (κ3) is 5.79. The molecule has 1 amide bonds. The summed E-state index contributed by atoms with van der Waals surface area (Å²) in [6.45, 7) is 6.07. The van der Waals surface area contributed by atoms with Crippen molar-refractivity contribution < 1.29 is 13.6 Å².